The predicted octanol–water partition coefficient (Wildman–Crippen LogP) is 3.64. The third-order valence-electron chi connectivity index (χ3n) is 2.12. The second-order valence-electron chi connectivity index (χ2n) is 3.39. The monoisotopic (exact) mass is 335 g/mol. The van der Waals surface area contributed by atoms with Crippen molar-refractivity contribution in [2.24, 2.45) is 0 Å². The number of hydrogen-bond donors (Lipinski definition) is 0. The van der Waals surface area contributed by atoms with Gasteiger partial charge in [-0.2, -0.15) is 0 Å². The summed E-state index contributed by atoms with van der Waals surface area (Å²) in [5.74, 6) is 0.247. The smallest absolute Gasteiger partial charge is 0.331 e. The topological polar surface area (TPSA) is 66.4 Å². The summed E-state index contributed by atoms with van der Waals surface area (Å²) in [6.07, 6.45) is 0. The van der Waals surface area contributed by atoms with Crippen molar-refractivity contribution >= 4 is 34.8 Å². The fourth-order valence-corrected chi connectivity index (χ4v) is 1.80. The third kappa shape index (κ3) is 3.33. The van der Waals surface area contributed by atoms with Crippen LogP contribution in [0.4, 0.5) is 0 Å². The molecule has 0 amide bonds. The summed E-state index contributed by atoms with van der Waals surface area (Å²) in [6.45, 7) is 0. The first kappa shape index (κ1) is 14.9. The van der Waals surface area contributed by atoms with E-state index in [-0.39, 0.29) is 28.8 Å². The molecule has 0 saturated heterocycles. The highest BCUT2D eigenvalue weighted by molar-refractivity contribution is 6.43. The van der Waals surface area contributed by atoms with Gasteiger partial charge in [-0.05, 0) is 6.07 Å². The maximum atomic E-state index is 6.00. The van der Waals surface area contributed by atoms with E-state index in [1.807, 2.05) is 0 Å². The lowest BCUT2D eigenvalue weighted by Crippen LogP contribution is -2.01. The van der Waals surface area contributed by atoms with Crippen LogP contribution in [-0.4, -0.2) is 29.2 Å². The largest absolute Gasteiger partial charge is 0.467 e. The zero-order chi connectivity index (χ0) is 14.7. The number of ether oxygens (including phenoxy) is 3. The predicted molar refractivity (Wildman–Crippen MR) is 74.5 cm³/mol. The molecule has 0 radical (unpaired) electrons. The molecule has 1 heterocycles. The van der Waals surface area contributed by atoms with Crippen LogP contribution in [0.1, 0.15) is 0 Å². The van der Waals surface area contributed by atoms with E-state index in [1.54, 1.807) is 0 Å². The molecule has 0 bridgehead atoms. The molecule has 2 aromatic rings. The highest BCUT2D eigenvalue weighted by Gasteiger charge is 2.13. The van der Waals surface area contributed by atoms with E-state index in [0.717, 1.165) is 0 Å². The average Bonchev–Trinajstić information content (AvgIpc) is 2.44. The third-order valence-corrected chi connectivity index (χ3v) is 3.13. The Morgan fingerprint density at radius 3 is 1.80 bits per heavy atom. The second-order valence-corrected chi connectivity index (χ2v) is 4.61. The first-order valence-electron chi connectivity index (χ1n) is 5.20. The fraction of sp³-hybridized carbons (Fsp3) is 0.182. The number of benzene rings is 1. The van der Waals surface area contributed by atoms with E-state index in [2.05, 4.69) is 15.0 Å². The summed E-state index contributed by atoms with van der Waals surface area (Å²) in [5, 5.41) is 0.867. The van der Waals surface area contributed by atoms with Crippen LogP contribution in [-0.2, 0) is 0 Å². The normalized spacial score (nSPS) is 10.2. The lowest BCUT2D eigenvalue weighted by Gasteiger charge is -2.08. The van der Waals surface area contributed by atoms with E-state index in [1.165, 1.54) is 26.4 Å². The Morgan fingerprint density at radius 1 is 0.750 bits per heavy atom. The van der Waals surface area contributed by atoms with Crippen molar-refractivity contribution in [1.82, 2.24) is 15.0 Å². The van der Waals surface area contributed by atoms with Crippen molar-refractivity contribution in [2.75, 3.05) is 14.2 Å². The molecule has 0 saturated carbocycles. The first-order valence-corrected chi connectivity index (χ1v) is 6.33. The number of halogens is 3. The average molecular weight is 337 g/mol. The Morgan fingerprint density at radius 2 is 1.25 bits per heavy atom. The molecule has 1 aromatic heterocycles. The molecule has 9 heteroatoms. The minimum absolute atomic E-state index is 0.0445. The lowest BCUT2D eigenvalue weighted by molar-refractivity contribution is 0.320. The van der Waals surface area contributed by atoms with Gasteiger partial charge in [0.05, 0.1) is 29.3 Å². The van der Waals surface area contributed by atoms with Gasteiger partial charge in [-0.1, -0.05) is 34.8 Å². The Labute approximate surface area is 129 Å². The standard InChI is InChI=1S/C11H8Cl3N3O3/c1-18-9-15-10(19-2)17-11(16-9)20-8-4-6(13)5(12)3-7(8)14/h3-4H,1-2H3. The lowest BCUT2D eigenvalue weighted by atomic mass is 10.3. The molecule has 0 aliphatic carbocycles. The molecule has 1 aromatic carbocycles. The SMILES string of the molecule is COc1nc(OC)nc(Oc2cc(Cl)c(Cl)cc2Cl)n1. The number of hydrogen-bond acceptors (Lipinski definition) is 6. The van der Waals surface area contributed by atoms with Crippen molar-refractivity contribution in [3.8, 4) is 23.8 Å². The van der Waals surface area contributed by atoms with Crippen LogP contribution in [0, 0.1) is 0 Å². The molecule has 6 nitrogen and oxygen atoms in total. The number of aromatic nitrogens is 3. The van der Waals surface area contributed by atoms with Crippen LogP contribution in [0.2, 0.25) is 15.1 Å². The molecule has 2 rings (SSSR count). The van der Waals surface area contributed by atoms with Gasteiger partial charge in [0, 0.05) is 6.07 Å². The first-order chi connectivity index (χ1) is 9.53. The van der Waals surface area contributed by atoms with Crippen LogP contribution in [0.5, 0.6) is 23.8 Å². The molecular formula is C11H8Cl3N3O3. The summed E-state index contributed by atoms with van der Waals surface area (Å²) in [5.41, 5.74) is 0. The summed E-state index contributed by atoms with van der Waals surface area (Å²) < 4.78 is 15.2. The van der Waals surface area contributed by atoms with Crippen LogP contribution in [0.3, 0.4) is 0 Å². The van der Waals surface area contributed by atoms with E-state index >= 15 is 0 Å². The molecule has 0 aliphatic rings. The van der Waals surface area contributed by atoms with Gasteiger partial charge in [0.2, 0.25) is 0 Å². The van der Waals surface area contributed by atoms with Crippen LogP contribution < -0.4 is 14.2 Å². The van der Waals surface area contributed by atoms with Crippen LogP contribution in [0.15, 0.2) is 12.1 Å². The van der Waals surface area contributed by atoms with E-state index in [9.17, 15) is 0 Å². The Hall–Kier alpha value is -1.50. The Bertz CT molecular complexity index is 618. The summed E-state index contributed by atoms with van der Waals surface area (Å²) in [7, 11) is 2.81. The van der Waals surface area contributed by atoms with Crippen molar-refractivity contribution in [1.29, 1.82) is 0 Å². The molecule has 0 N–H and O–H groups in total. The molecule has 0 fully saturated rings. The van der Waals surface area contributed by atoms with Crippen molar-refractivity contribution in [2.45, 2.75) is 0 Å². The van der Waals surface area contributed by atoms with Gasteiger partial charge in [-0.15, -0.1) is 15.0 Å². The van der Waals surface area contributed by atoms with Crippen molar-refractivity contribution in [3.05, 3.63) is 27.2 Å². The highest BCUT2D eigenvalue weighted by atomic mass is 35.5. The van der Waals surface area contributed by atoms with Gasteiger partial charge in [-0.3, -0.25) is 0 Å². The van der Waals surface area contributed by atoms with Gasteiger partial charge < -0.3 is 14.2 Å². The molecule has 0 spiro atoms. The molecular weight excluding hydrogens is 328 g/mol. The minimum Gasteiger partial charge on any atom is -0.467 e. The zero-order valence-corrected chi connectivity index (χ0v) is 12.6. The Balaban J connectivity index is 2.36. The van der Waals surface area contributed by atoms with Gasteiger partial charge in [0.15, 0.2) is 5.75 Å². The number of rotatable bonds is 4. The van der Waals surface area contributed by atoms with Gasteiger partial charge >= 0.3 is 18.0 Å². The van der Waals surface area contributed by atoms with Gasteiger partial charge in [-0.25, -0.2) is 0 Å². The quantitative estimate of drug-likeness (QED) is 0.794. The van der Waals surface area contributed by atoms with E-state index < -0.39 is 0 Å². The molecule has 0 atom stereocenters. The maximum Gasteiger partial charge on any atom is 0.331 e. The summed E-state index contributed by atoms with van der Waals surface area (Å²) in [6, 6.07) is 2.95. The molecule has 20 heavy (non-hydrogen) atoms. The van der Waals surface area contributed by atoms with E-state index in [0.29, 0.717) is 10.0 Å². The van der Waals surface area contributed by atoms with Gasteiger partial charge in [0.1, 0.15) is 0 Å². The zero-order valence-electron chi connectivity index (χ0n) is 10.4. The Kier molecular flexibility index (Phi) is 4.69. The number of nitrogens with zero attached hydrogens (tertiary/aromatic N) is 3. The maximum absolute atomic E-state index is 6.00. The number of methoxy groups -OCH3 is 2. The fourth-order valence-electron chi connectivity index (χ4n) is 1.23. The van der Waals surface area contributed by atoms with Crippen LogP contribution >= 0.6 is 34.8 Å². The van der Waals surface area contributed by atoms with Gasteiger partial charge in [0.25, 0.3) is 0 Å². The second kappa shape index (κ2) is 6.30. The summed E-state index contributed by atoms with van der Waals surface area (Å²) >= 11 is 17.7. The van der Waals surface area contributed by atoms with Crippen molar-refractivity contribution in [3.63, 3.8) is 0 Å². The molecule has 0 aliphatic heterocycles. The van der Waals surface area contributed by atoms with E-state index in [4.69, 9.17) is 49.0 Å². The van der Waals surface area contributed by atoms with Crippen molar-refractivity contribution < 1.29 is 14.2 Å². The van der Waals surface area contributed by atoms with Crippen LogP contribution in [0.25, 0.3) is 0 Å². The summed E-state index contributed by atoms with van der Waals surface area (Å²) in [4.78, 5) is 11.7. The molecule has 106 valence electrons. The molecule has 0 unspecified atom stereocenters. The minimum atomic E-state index is -0.0472. The highest BCUT2D eigenvalue weighted by Crippen LogP contribution is 2.35.